The van der Waals surface area contributed by atoms with Crippen molar-refractivity contribution in [3.05, 3.63) is 65.1 Å². The largest absolute Gasteiger partial charge is 0.399 e. The fourth-order valence-corrected chi connectivity index (χ4v) is 2.32. The summed E-state index contributed by atoms with van der Waals surface area (Å²) >= 11 is 0. The van der Waals surface area contributed by atoms with Crippen LogP contribution in [0, 0.1) is 17.1 Å². The molecule has 0 aliphatic heterocycles. The predicted octanol–water partition coefficient (Wildman–Crippen LogP) is 2.99. The number of ketones is 1. The van der Waals surface area contributed by atoms with Gasteiger partial charge < -0.3 is 10.7 Å². The maximum absolute atomic E-state index is 13.9. The normalized spacial score (nSPS) is 10.5. The molecule has 0 atom stereocenters. The van der Waals surface area contributed by atoms with Gasteiger partial charge >= 0.3 is 0 Å². The van der Waals surface area contributed by atoms with Crippen molar-refractivity contribution in [1.29, 1.82) is 5.26 Å². The SMILES string of the molecule is N#Cc1cccc2[nH]cc(C(=O)c3ccc(N)cc3F)c12. The van der Waals surface area contributed by atoms with Crippen LogP contribution in [0.1, 0.15) is 21.5 Å². The number of hydrogen-bond acceptors (Lipinski definition) is 3. The second kappa shape index (κ2) is 4.76. The molecular weight excluding hydrogens is 269 g/mol. The number of hydrogen-bond donors (Lipinski definition) is 2. The number of nitrogens with zero attached hydrogens (tertiary/aromatic N) is 1. The van der Waals surface area contributed by atoms with Gasteiger partial charge in [0.15, 0.2) is 5.78 Å². The molecule has 5 heteroatoms. The second-order valence-corrected chi connectivity index (χ2v) is 4.61. The van der Waals surface area contributed by atoms with Crippen LogP contribution in [-0.4, -0.2) is 10.8 Å². The molecule has 0 unspecified atom stereocenters. The van der Waals surface area contributed by atoms with Gasteiger partial charge in [-0.25, -0.2) is 4.39 Å². The van der Waals surface area contributed by atoms with Crippen LogP contribution in [0.5, 0.6) is 0 Å². The van der Waals surface area contributed by atoms with Crippen molar-refractivity contribution in [2.24, 2.45) is 0 Å². The minimum Gasteiger partial charge on any atom is -0.399 e. The summed E-state index contributed by atoms with van der Waals surface area (Å²) in [6.45, 7) is 0. The number of anilines is 1. The van der Waals surface area contributed by atoms with E-state index in [1.807, 2.05) is 6.07 Å². The summed E-state index contributed by atoms with van der Waals surface area (Å²) in [5.74, 6) is -1.16. The predicted molar refractivity (Wildman–Crippen MR) is 77.3 cm³/mol. The van der Waals surface area contributed by atoms with Gasteiger partial charge in [-0.1, -0.05) is 6.07 Å². The topological polar surface area (TPSA) is 82.7 Å². The molecule has 4 nitrogen and oxygen atoms in total. The van der Waals surface area contributed by atoms with E-state index in [9.17, 15) is 9.18 Å². The molecule has 0 saturated carbocycles. The fourth-order valence-electron chi connectivity index (χ4n) is 2.32. The lowest BCUT2D eigenvalue weighted by molar-refractivity contribution is 0.103. The van der Waals surface area contributed by atoms with Crippen molar-refractivity contribution in [3.8, 4) is 6.07 Å². The number of carbonyl (C=O) groups is 1. The fraction of sp³-hybridized carbons (Fsp3) is 0. The number of nitriles is 1. The van der Waals surface area contributed by atoms with E-state index in [-0.39, 0.29) is 16.8 Å². The van der Waals surface area contributed by atoms with Gasteiger partial charge in [-0.3, -0.25) is 4.79 Å². The molecule has 3 N–H and O–H groups in total. The number of rotatable bonds is 2. The number of H-pyrrole nitrogens is 1. The van der Waals surface area contributed by atoms with Crippen LogP contribution in [0.3, 0.4) is 0 Å². The Morgan fingerprint density at radius 2 is 2.05 bits per heavy atom. The van der Waals surface area contributed by atoms with Gasteiger partial charge in [0.05, 0.1) is 17.2 Å². The molecular formula is C16H10FN3O. The van der Waals surface area contributed by atoms with Gasteiger partial charge in [-0.05, 0) is 30.3 Å². The van der Waals surface area contributed by atoms with Crippen molar-refractivity contribution >= 4 is 22.4 Å². The standard InChI is InChI=1S/C16H10FN3O/c17-13-6-10(19)4-5-11(13)16(21)12-8-20-14-3-1-2-9(7-18)15(12)14/h1-6,8,20H,19H2. The van der Waals surface area contributed by atoms with Gasteiger partial charge in [0.25, 0.3) is 0 Å². The number of aromatic nitrogens is 1. The molecule has 0 aliphatic carbocycles. The smallest absolute Gasteiger partial charge is 0.198 e. The van der Waals surface area contributed by atoms with Crippen molar-refractivity contribution in [1.82, 2.24) is 4.98 Å². The summed E-state index contributed by atoms with van der Waals surface area (Å²) in [5, 5.41) is 9.66. The highest BCUT2D eigenvalue weighted by Gasteiger charge is 2.19. The van der Waals surface area contributed by atoms with E-state index in [2.05, 4.69) is 4.98 Å². The zero-order valence-electron chi connectivity index (χ0n) is 10.9. The molecule has 21 heavy (non-hydrogen) atoms. The van der Waals surface area contributed by atoms with Crippen LogP contribution in [0.25, 0.3) is 10.9 Å². The van der Waals surface area contributed by atoms with Gasteiger partial charge in [0, 0.05) is 28.4 Å². The van der Waals surface area contributed by atoms with Crippen LogP contribution in [0.4, 0.5) is 10.1 Å². The molecule has 3 aromatic rings. The number of carbonyl (C=O) groups excluding carboxylic acids is 1. The maximum atomic E-state index is 13.9. The lowest BCUT2D eigenvalue weighted by atomic mass is 9.99. The quantitative estimate of drug-likeness (QED) is 0.558. The Labute approximate surface area is 119 Å². The zero-order valence-corrected chi connectivity index (χ0v) is 10.9. The zero-order chi connectivity index (χ0) is 15.0. The Hall–Kier alpha value is -3.13. The van der Waals surface area contributed by atoms with E-state index in [1.54, 1.807) is 18.2 Å². The molecule has 0 radical (unpaired) electrons. The van der Waals surface area contributed by atoms with Crippen molar-refractivity contribution < 1.29 is 9.18 Å². The van der Waals surface area contributed by atoms with Crippen LogP contribution in [0.15, 0.2) is 42.6 Å². The second-order valence-electron chi connectivity index (χ2n) is 4.61. The molecule has 1 aromatic heterocycles. The van der Waals surface area contributed by atoms with E-state index in [0.717, 1.165) is 6.07 Å². The Bertz CT molecular complexity index is 906. The third-order valence-electron chi connectivity index (χ3n) is 3.31. The summed E-state index contributed by atoms with van der Waals surface area (Å²) in [7, 11) is 0. The van der Waals surface area contributed by atoms with Crippen LogP contribution in [0.2, 0.25) is 0 Å². The van der Waals surface area contributed by atoms with Crippen molar-refractivity contribution in [2.45, 2.75) is 0 Å². The Morgan fingerprint density at radius 1 is 1.24 bits per heavy atom. The van der Waals surface area contributed by atoms with Gasteiger partial charge in [0.1, 0.15) is 5.82 Å². The molecule has 2 aromatic carbocycles. The van der Waals surface area contributed by atoms with E-state index in [1.165, 1.54) is 18.3 Å². The van der Waals surface area contributed by atoms with Gasteiger partial charge in [-0.2, -0.15) is 5.26 Å². The first-order chi connectivity index (χ1) is 10.1. The lowest BCUT2D eigenvalue weighted by Gasteiger charge is -2.03. The number of nitrogens with one attached hydrogen (secondary N) is 1. The molecule has 1 heterocycles. The Balaban J connectivity index is 2.21. The van der Waals surface area contributed by atoms with Crippen LogP contribution >= 0.6 is 0 Å². The maximum Gasteiger partial charge on any atom is 0.198 e. The summed E-state index contributed by atoms with van der Waals surface area (Å²) in [5.41, 5.74) is 6.96. The van der Waals surface area contributed by atoms with Crippen LogP contribution in [-0.2, 0) is 0 Å². The van der Waals surface area contributed by atoms with E-state index in [4.69, 9.17) is 11.0 Å². The van der Waals surface area contributed by atoms with Gasteiger partial charge in [-0.15, -0.1) is 0 Å². The monoisotopic (exact) mass is 279 g/mol. The van der Waals surface area contributed by atoms with E-state index >= 15 is 0 Å². The minimum absolute atomic E-state index is 0.0714. The Kier molecular flexibility index (Phi) is 2.92. The third kappa shape index (κ3) is 2.03. The highest BCUT2D eigenvalue weighted by Crippen LogP contribution is 2.25. The highest BCUT2D eigenvalue weighted by molar-refractivity contribution is 6.17. The number of fused-ring (bicyclic) bond motifs is 1. The molecule has 0 amide bonds. The first kappa shape index (κ1) is 12.9. The molecule has 0 bridgehead atoms. The number of aromatic amines is 1. The first-order valence-electron chi connectivity index (χ1n) is 6.21. The number of benzene rings is 2. The lowest BCUT2D eigenvalue weighted by Crippen LogP contribution is -2.04. The molecule has 102 valence electrons. The number of nitrogens with two attached hydrogens (primary N) is 1. The average molecular weight is 279 g/mol. The summed E-state index contributed by atoms with van der Waals surface area (Å²) in [6, 6.07) is 11.1. The average Bonchev–Trinajstić information content (AvgIpc) is 2.90. The Morgan fingerprint density at radius 3 is 2.76 bits per heavy atom. The van der Waals surface area contributed by atoms with Crippen molar-refractivity contribution in [3.63, 3.8) is 0 Å². The molecule has 0 saturated heterocycles. The summed E-state index contributed by atoms with van der Waals surface area (Å²) in [6.07, 6.45) is 1.49. The van der Waals surface area contributed by atoms with Gasteiger partial charge in [0.2, 0.25) is 0 Å². The highest BCUT2D eigenvalue weighted by atomic mass is 19.1. The number of nitrogen functional groups attached to an aromatic ring is 1. The number of halogens is 1. The molecule has 0 spiro atoms. The first-order valence-corrected chi connectivity index (χ1v) is 6.21. The summed E-state index contributed by atoms with van der Waals surface area (Å²) in [4.78, 5) is 15.4. The molecule has 3 rings (SSSR count). The third-order valence-corrected chi connectivity index (χ3v) is 3.31. The molecule has 0 aliphatic rings. The summed E-state index contributed by atoms with van der Waals surface area (Å²) < 4.78 is 13.9. The van der Waals surface area contributed by atoms with Crippen LogP contribution < -0.4 is 5.73 Å². The van der Waals surface area contributed by atoms with E-state index in [0.29, 0.717) is 16.5 Å². The minimum atomic E-state index is -0.677. The van der Waals surface area contributed by atoms with Crippen molar-refractivity contribution in [2.75, 3.05) is 5.73 Å². The van der Waals surface area contributed by atoms with E-state index < -0.39 is 11.6 Å². The molecule has 0 fully saturated rings.